The molecule has 0 spiro atoms. The van der Waals surface area contributed by atoms with Gasteiger partial charge in [0.05, 0.1) is 0 Å². The fourth-order valence-corrected chi connectivity index (χ4v) is 14.6. The van der Waals surface area contributed by atoms with Gasteiger partial charge in [-0.3, -0.25) is 6.08 Å². The van der Waals surface area contributed by atoms with Crippen LogP contribution in [0.5, 0.6) is 0 Å². The molecule has 1 atom stereocenters. The van der Waals surface area contributed by atoms with Crippen molar-refractivity contribution in [2.24, 2.45) is 0 Å². The second-order valence-corrected chi connectivity index (χ2v) is 18.2. The molecule has 1 aliphatic carbocycles. The van der Waals surface area contributed by atoms with Crippen molar-refractivity contribution in [3.05, 3.63) is 183 Å². The van der Waals surface area contributed by atoms with E-state index in [1.54, 1.807) is 0 Å². The van der Waals surface area contributed by atoms with Gasteiger partial charge in [0.1, 0.15) is 8.07 Å². The standard InChI is InChI=1S/C45H47Si.3ClH.Ti/c1-31-19-32(2)22-42(21-31)46(43-23-33(3)20-34(4)24-43,45(8)30-35(5)36(6)37(45)7)44-28-40(25-38-15-11-9-12-16-38)27-41(29-44)26-39-17-13-10-14-18-39;;;;/h9-24,27-29H,25-26H2,1-8H3;3*1H;/q-1;;;;+4/p-3. The Kier molecular flexibility index (Phi) is 15.4. The van der Waals surface area contributed by atoms with Crippen LogP contribution in [0, 0.1) is 33.8 Å². The minimum absolute atomic E-state index is 0. The van der Waals surface area contributed by atoms with Crippen molar-refractivity contribution in [3.63, 3.8) is 0 Å². The van der Waals surface area contributed by atoms with Crippen molar-refractivity contribution in [2.75, 3.05) is 0 Å². The zero-order chi connectivity index (χ0) is 32.6. The van der Waals surface area contributed by atoms with E-state index in [1.165, 1.54) is 76.8 Å². The van der Waals surface area contributed by atoms with Crippen LogP contribution in [-0.4, -0.2) is 8.07 Å². The molecule has 0 fully saturated rings. The van der Waals surface area contributed by atoms with Gasteiger partial charge in [-0.05, 0) is 78.4 Å². The molecule has 1 unspecified atom stereocenters. The van der Waals surface area contributed by atoms with E-state index in [4.69, 9.17) is 0 Å². The van der Waals surface area contributed by atoms with Gasteiger partial charge >= 0.3 is 21.7 Å². The normalized spacial score (nSPS) is 15.2. The summed E-state index contributed by atoms with van der Waals surface area (Å²) >= 11 is 0. The summed E-state index contributed by atoms with van der Waals surface area (Å²) in [5.41, 5.74) is 14.9. The van der Waals surface area contributed by atoms with E-state index in [-0.39, 0.29) is 64.0 Å². The maximum atomic E-state index is 4.19. The fraction of sp³-hybridized carbons (Fsp3) is 0.244. The average molecular weight is 770 g/mol. The molecule has 0 bridgehead atoms. The number of halogens is 3. The first kappa shape index (κ1) is 43.5. The molecule has 0 aromatic heterocycles. The molecule has 0 radical (unpaired) electrons. The van der Waals surface area contributed by atoms with Crippen LogP contribution in [-0.2, 0) is 34.6 Å². The van der Waals surface area contributed by atoms with Crippen LogP contribution in [0.25, 0.3) is 0 Å². The van der Waals surface area contributed by atoms with E-state index in [2.05, 4.69) is 177 Å². The number of rotatable bonds is 8. The molecule has 0 saturated carbocycles. The average Bonchev–Trinajstić information content (AvgIpc) is 3.20. The molecule has 0 nitrogen and oxygen atoms in total. The summed E-state index contributed by atoms with van der Waals surface area (Å²) in [6.45, 7) is 18.5. The monoisotopic (exact) mass is 768 g/mol. The summed E-state index contributed by atoms with van der Waals surface area (Å²) in [7, 11) is -2.87. The first-order chi connectivity index (χ1) is 22.0. The first-order valence-electron chi connectivity index (χ1n) is 16.7. The van der Waals surface area contributed by atoms with Crippen molar-refractivity contribution < 1.29 is 58.9 Å². The molecule has 5 heteroatoms. The Labute approximate surface area is 336 Å². The number of allylic oxidation sites excluding steroid dienone is 4. The van der Waals surface area contributed by atoms with E-state index >= 15 is 0 Å². The van der Waals surface area contributed by atoms with Crippen LogP contribution in [0.15, 0.2) is 132 Å². The number of hydrogen-bond donors (Lipinski definition) is 0. The van der Waals surface area contributed by atoms with Crippen molar-refractivity contribution in [2.45, 2.75) is 73.3 Å². The van der Waals surface area contributed by atoms with Gasteiger partial charge in [-0.15, -0.1) is 6.92 Å². The van der Waals surface area contributed by atoms with E-state index in [1.807, 2.05) is 0 Å². The van der Waals surface area contributed by atoms with E-state index in [0.29, 0.717) is 0 Å². The third-order valence-corrected chi connectivity index (χ3v) is 15.8. The third-order valence-electron chi connectivity index (χ3n) is 10.4. The molecular weight excluding hydrogens is 723 g/mol. The number of benzene rings is 5. The second-order valence-electron chi connectivity index (χ2n) is 14.0. The van der Waals surface area contributed by atoms with Crippen molar-refractivity contribution in [1.82, 2.24) is 0 Å². The third kappa shape index (κ3) is 8.36. The topological polar surface area (TPSA) is 0 Å². The van der Waals surface area contributed by atoms with Gasteiger partial charge in [0, 0.05) is 0 Å². The quantitative estimate of drug-likeness (QED) is 0.122. The van der Waals surface area contributed by atoms with E-state index in [9.17, 15) is 0 Å². The summed E-state index contributed by atoms with van der Waals surface area (Å²) in [6, 6.07) is 44.2. The van der Waals surface area contributed by atoms with Crippen molar-refractivity contribution in [3.8, 4) is 0 Å². The van der Waals surface area contributed by atoms with Crippen molar-refractivity contribution >= 4 is 23.6 Å². The van der Waals surface area contributed by atoms with Crippen molar-refractivity contribution in [1.29, 1.82) is 0 Å². The Balaban J connectivity index is 0.00000217. The molecule has 0 N–H and O–H groups in total. The Bertz CT molecular complexity index is 1830. The summed E-state index contributed by atoms with van der Waals surface area (Å²) in [6.07, 6.45) is 6.00. The van der Waals surface area contributed by atoms with Gasteiger partial charge in [-0.25, -0.2) is 5.57 Å². The molecule has 0 heterocycles. The van der Waals surface area contributed by atoms with Gasteiger partial charge < -0.3 is 37.2 Å². The Morgan fingerprint density at radius 1 is 0.480 bits per heavy atom. The number of aryl methyl sites for hydroxylation is 4. The molecule has 1 aliphatic rings. The molecule has 0 amide bonds. The summed E-state index contributed by atoms with van der Waals surface area (Å²) in [5, 5.41) is 4.12. The molecule has 5 aromatic carbocycles. The van der Waals surface area contributed by atoms with Crippen LogP contribution in [0.1, 0.15) is 72.2 Å². The second kappa shape index (κ2) is 17.7. The summed E-state index contributed by atoms with van der Waals surface area (Å²) < 4.78 is 0. The molecular formula is C45H47Cl3SiTi. The van der Waals surface area contributed by atoms with Gasteiger partial charge in [0.2, 0.25) is 0 Å². The minimum Gasteiger partial charge on any atom is -1.00 e. The molecule has 0 aliphatic heterocycles. The van der Waals surface area contributed by atoms with Crippen LogP contribution in [0.2, 0.25) is 5.04 Å². The van der Waals surface area contributed by atoms with E-state index in [0.717, 1.165) is 12.8 Å². The smallest absolute Gasteiger partial charge is 1.00 e. The number of hydrogen-bond acceptors (Lipinski definition) is 0. The summed E-state index contributed by atoms with van der Waals surface area (Å²) in [5.74, 6) is 0. The Morgan fingerprint density at radius 2 is 0.840 bits per heavy atom. The minimum atomic E-state index is -2.87. The van der Waals surface area contributed by atoms with Crippen LogP contribution >= 0.6 is 0 Å². The van der Waals surface area contributed by atoms with Crippen LogP contribution in [0.3, 0.4) is 0 Å². The van der Waals surface area contributed by atoms with Gasteiger partial charge in [-0.2, -0.15) is 11.1 Å². The largest absolute Gasteiger partial charge is 4.00 e. The van der Waals surface area contributed by atoms with E-state index < -0.39 is 8.07 Å². The molecule has 0 saturated heterocycles. The molecule has 6 rings (SSSR count). The zero-order valence-corrected chi connectivity index (χ0v) is 35.3. The molecule has 5 aromatic rings. The van der Waals surface area contributed by atoms with Crippen LogP contribution in [0.4, 0.5) is 0 Å². The maximum Gasteiger partial charge on any atom is 4.00 e. The predicted octanol–water partition coefficient (Wildman–Crippen LogP) is 0.441. The Hall–Kier alpha value is -2.62. The maximum absolute atomic E-state index is 4.19. The van der Waals surface area contributed by atoms with Gasteiger partial charge in [0.25, 0.3) is 0 Å². The van der Waals surface area contributed by atoms with Gasteiger partial charge in [0.15, 0.2) is 0 Å². The zero-order valence-electron chi connectivity index (χ0n) is 30.5. The fourth-order valence-electron chi connectivity index (χ4n) is 8.19. The molecule has 256 valence electrons. The Morgan fingerprint density at radius 3 is 1.18 bits per heavy atom. The summed E-state index contributed by atoms with van der Waals surface area (Å²) in [4.78, 5) is 0. The SMILES string of the molecule is CC1=[C-]C(C)([Si](c2cc(C)cc(C)c2)(c2cc(C)cc(C)c2)c2cc(Cc3ccccc3)cc(Cc3ccccc3)c2)C(C)=C1C.[Cl-].[Cl-].[Cl-].[Ti+4]. The van der Waals surface area contributed by atoms with Gasteiger partial charge in [-0.1, -0.05) is 163 Å². The molecule has 50 heavy (non-hydrogen) atoms. The predicted molar refractivity (Wildman–Crippen MR) is 201 cm³/mol. The van der Waals surface area contributed by atoms with Crippen LogP contribution < -0.4 is 52.8 Å². The first-order valence-corrected chi connectivity index (χ1v) is 18.7.